The molecule has 3 rings (SSSR count). The summed E-state index contributed by atoms with van der Waals surface area (Å²) in [6.45, 7) is 6.05. The van der Waals surface area contributed by atoms with Gasteiger partial charge in [-0.3, -0.25) is 0 Å². The molecular formula is C13H21N5. The lowest BCUT2D eigenvalue weighted by Crippen LogP contribution is -2.44. The van der Waals surface area contributed by atoms with Crippen LogP contribution in [0.15, 0.2) is 0 Å². The van der Waals surface area contributed by atoms with Crippen LogP contribution in [0.25, 0.3) is 0 Å². The molecule has 0 atom stereocenters. The topological polar surface area (TPSA) is 53.9 Å². The first kappa shape index (κ1) is 11.8. The third kappa shape index (κ3) is 2.32. The largest absolute Gasteiger partial charge is 0.352 e. The highest BCUT2D eigenvalue weighted by molar-refractivity contribution is 5.45. The van der Waals surface area contributed by atoms with Gasteiger partial charge in [0.15, 0.2) is 5.82 Å². The van der Waals surface area contributed by atoms with Crippen molar-refractivity contribution in [3.05, 3.63) is 11.5 Å². The molecule has 0 aromatic carbocycles. The fraction of sp³-hybridized carbons (Fsp3) is 0.769. The Labute approximate surface area is 108 Å². The third-order valence-corrected chi connectivity index (χ3v) is 3.96. The van der Waals surface area contributed by atoms with Crippen LogP contribution in [0.1, 0.15) is 43.1 Å². The first-order valence-corrected chi connectivity index (χ1v) is 7.01. The molecule has 1 N–H and O–H groups in total. The molecule has 1 aromatic rings. The SMILES string of the molecule is Cc1nnc(C2CCCC2)c(N2CCNCC2)n1. The van der Waals surface area contributed by atoms with Gasteiger partial charge in [0.05, 0.1) is 0 Å². The number of aryl methyl sites for hydroxylation is 1. The lowest BCUT2D eigenvalue weighted by molar-refractivity contribution is 0.571. The van der Waals surface area contributed by atoms with Gasteiger partial charge in [-0.25, -0.2) is 4.98 Å². The zero-order valence-corrected chi connectivity index (χ0v) is 11.0. The maximum absolute atomic E-state index is 4.67. The van der Waals surface area contributed by atoms with Gasteiger partial charge in [0.2, 0.25) is 0 Å². The van der Waals surface area contributed by atoms with Crippen molar-refractivity contribution in [2.24, 2.45) is 0 Å². The molecule has 2 heterocycles. The molecule has 0 spiro atoms. The van der Waals surface area contributed by atoms with Gasteiger partial charge < -0.3 is 10.2 Å². The molecule has 1 aliphatic carbocycles. The van der Waals surface area contributed by atoms with E-state index in [1.807, 2.05) is 6.92 Å². The second-order valence-corrected chi connectivity index (χ2v) is 5.29. The lowest BCUT2D eigenvalue weighted by Gasteiger charge is -2.30. The number of hydrogen-bond acceptors (Lipinski definition) is 5. The van der Waals surface area contributed by atoms with Gasteiger partial charge >= 0.3 is 0 Å². The summed E-state index contributed by atoms with van der Waals surface area (Å²) >= 11 is 0. The van der Waals surface area contributed by atoms with E-state index >= 15 is 0 Å². The highest BCUT2D eigenvalue weighted by Crippen LogP contribution is 2.36. The highest BCUT2D eigenvalue weighted by atomic mass is 15.3. The van der Waals surface area contributed by atoms with Crippen LogP contribution in [-0.4, -0.2) is 41.4 Å². The molecule has 2 aliphatic rings. The number of nitrogens with one attached hydrogen (secondary N) is 1. The summed E-state index contributed by atoms with van der Waals surface area (Å²) in [4.78, 5) is 7.03. The molecule has 1 saturated carbocycles. The summed E-state index contributed by atoms with van der Waals surface area (Å²) in [5, 5.41) is 12.0. The van der Waals surface area contributed by atoms with Gasteiger partial charge in [0.25, 0.3) is 0 Å². The molecule has 0 bridgehead atoms. The maximum atomic E-state index is 4.67. The Kier molecular flexibility index (Phi) is 3.41. The molecule has 5 nitrogen and oxygen atoms in total. The van der Waals surface area contributed by atoms with Crippen LogP contribution in [0, 0.1) is 6.92 Å². The molecule has 2 fully saturated rings. The number of hydrogen-bond donors (Lipinski definition) is 1. The molecule has 1 saturated heterocycles. The van der Waals surface area contributed by atoms with Gasteiger partial charge in [0.1, 0.15) is 11.5 Å². The molecule has 1 aliphatic heterocycles. The number of aromatic nitrogens is 3. The van der Waals surface area contributed by atoms with Crippen LogP contribution >= 0.6 is 0 Å². The van der Waals surface area contributed by atoms with Crippen LogP contribution in [0.3, 0.4) is 0 Å². The molecule has 18 heavy (non-hydrogen) atoms. The van der Waals surface area contributed by atoms with Gasteiger partial charge in [-0.1, -0.05) is 12.8 Å². The normalized spacial score (nSPS) is 21.5. The number of piperazine rings is 1. The number of rotatable bonds is 2. The van der Waals surface area contributed by atoms with Crippen LogP contribution in [-0.2, 0) is 0 Å². The minimum Gasteiger partial charge on any atom is -0.352 e. The van der Waals surface area contributed by atoms with Crippen molar-refractivity contribution in [2.75, 3.05) is 31.1 Å². The zero-order valence-electron chi connectivity index (χ0n) is 11.0. The van der Waals surface area contributed by atoms with Gasteiger partial charge in [-0.2, -0.15) is 0 Å². The summed E-state index contributed by atoms with van der Waals surface area (Å²) < 4.78 is 0. The van der Waals surface area contributed by atoms with Crippen molar-refractivity contribution in [3.63, 3.8) is 0 Å². The van der Waals surface area contributed by atoms with Crippen molar-refractivity contribution in [3.8, 4) is 0 Å². The predicted octanol–water partition coefficient (Wildman–Crippen LogP) is 1.25. The third-order valence-electron chi connectivity index (χ3n) is 3.96. The van der Waals surface area contributed by atoms with Crippen molar-refractivity contribution < 1.29 is 0 Å². The van der Waals surface area contributed by atoms with Crippen LogP contribution in [0.2, 0.25) is 0 Å². The first-order valence-electron chi connectivity index (χ1n) is 7.01. The van der Waals surface area contributed by atoms with E-state index in [9.17, 15) is 0 Å². The number of anilines is 1. The zero-order chi connectivity index (χ0) is 12.4. The van der Waals surface area contributed by atoms with E-state index in [0.29, 0.717) is 5.92 Å². The molecule has 1 aromatic heterocycles. The molecule has 5 heteroatoms. The van der Waals surface area contributed by atoms with Crippen LogP contribution in [0.5, 0.6) is 0 Å². The summed E-state index contributed by atoms with van der Waals surface area (Å²) in [6.07, 6.45) is 5.14. The van der Waals surface area contributed by atoms with E-state index in [1.165, 1.54) is 25.7 Å². The van der Waals surface area contributed by atoms with Crippen molar-refractivity contribution in [2.45, 2.75) is 38.5 Å². The lowest BCUT2D eigenvalue weighted by atomic mass is 10.0. The highest BCUT2D eigenvalue weighted by Gasteiger charge is 2.26. The first-order chi connectivity index (χ1) is 8.84. The fourth-order valence-electron chi connectivity index (χ4n) is 2.98. The average molecular weight is 247 g/mol. The van der Waals surface area contributed by atoms with E-state index in [-0.39, 0.29) is 0 Å². The van der Waals surface area contributed by atoms with E-state index in [2.05, 4.69) is 25.4 Å². The van der Waals surface area contributed by atoms with E-state index in [4.69, 9.17) is 0 Å². The predicted molar refractivity (Wildman–Crippen MR) is 70.9 cm³/mol. The average Bonchev–Trinajstić information content (AvgIpc) is 2.93. The van der Waals surface area contributed by atoms with Gasteiger partial charge in [-0.05, 0) is 19.8 Å². The smallest absolute Gasteiger partial charge is 0.154 e. The Morgan fingerprint density at radius 2 is 1.83 bits per heavy atom. The van der Waals surface area contributed by atoms with E-state index in [0.717, 1.165) is 43.5 Å². The minimum atomic E-state index is 0.579. The van der Waals surface area contributed by atoms with Crippen molar-refractivity contribution >= 4 is 5.82 Å². The second kappa shape index (κ2) is 5.18. The molecule has 0 unspecified atom stereocenters. The van der Waals surface area contributed by atoms with E-state index < -0.39 is 0 Å². The van der Waals surface area contributed by atoms with Crippen molar-refractivity contribution in [1.29, 1.82) is 0 Å². The molecule has 0 radical (unpaired) electrons. The monoisotopic (exact) mass is 247 g/mol. The molecular weight excluding hydrogens is 226 g/mol. The Morgan fingerprint density at radius 1 is 1.11 bits per heavy atom. The summed E-state index contributed by atoms with van der Waals surface area (Å²) in [7, 11) is 0. The van der Waals surface area contributed by atoms with Crippen LogP contribution in [0.4, 0.5) is 5.82 Å². The standard InChI is InChI=1S/C13H21N5/c1-10-15-13(18-8-6-14-7-9-18)12(17-16-10)11-4-2-3-5-11/h11,14H,2-9H2,1H3. The van der Waals surface area contributed by atoms with E-state index in [1.54, 1.807) is 0 Å². The maximum Gasteiger partial charge on any atom is 0.154 e. The van der Waals surface area contributed by atoms with Crippen molar-refractivity contribution in [1.82, 2.24) is 20.5 Å². The second-order valence-electron chi connectivity index (χ2n) is 5.29. The minimum absolute atomic E-state index is 0.579. The number of nitrogens with zero attached hydrogens (tertiary/aromatic N) is 4. The summed E-state index contributed by atoms with van der Waals surface area (Å²) in [6, 6.07) is 0. The Balaban J connectivity index is 1.91. The van der Waals surface area contributed by atoms with Crippen LogP contribution < -0.4 is 10.2 Å². The van der Waals surface area contributed by atoms with Gasteiger partial charge in [0, 0.05) is 32.1 Å². The Hall–Kier alpha value is -1.23. The molecule has 98 valence electrons. The van der Waals surface area contributed by atoms with Gasteiger partial charge in [-0.15, -0.1) is 10.2 Å². The summed E-state index contributed by atoms with van der Waals surface area (Å²) in [5.41, 5.74) is 1.14. The summed E-state index contributed by atoms with van der Waals surface area (Å²) in [5.74, 6) is 2.46. The fourth-order valence-corrected chi connectivity index (χ4v) is 2.98. The molecule has 0 amide bonds. The Morgan fingerprint density at radius 3 is 2.56 bits per heavy atom. The Bertz CT molecular complexity index is 408. The quantitative estimate of drug-likeness (QED) is 0.852.